The molecule has 0 heterocycles. The van der Waals surface area contributed by atoms with Gasteiger partial charge in [-0.3, -0.25) is 0 Å². The Balaban J connectivity index is 2.43. The smallest absolute Gasteiger partial charge is 0.119 e. The van der Waals surface area contributed by atoms with E-state index in [0.717, 1.165) is 29.7 Å². The Morgan fingerprint density at radius 1 is 1.22 bits per heavy atom. The molecular formula is C15H24ClNO. The topological polar surface area (TPSA) is 21.3 Å². The van der Waals surface area contributed by atoms with Crippen molar-refractivity contribution < 1.29 is 4.74 Å². The van der Waals surface area contributed by atoms with Gasteiger partial charge in [0, 0.05) is 11.1 Å². The Kier molecular flexibility index (Phi) is 7.14. The first-order valence-electron chi connectivity index (χ1n) is 6.77. The van der Waals surface area contributed by atoms with Gasteiger partial charge in [-0.15, -0.1) is 0 Å². The van der Waals surface area contributed by atoms with E-state index in [1.165, 1.54) is 6.42 Å². The van der Waals surface area contributed by atoms with Crippen LogP contribution in [0.15, 0.2) is 24.3 Å². The van der Waals surface area contributed by atoms with E-state index in [-0.39, 0.29) is 0 Å². The SMILES string of the molecule is CCNC(COc1ccc(Cl)cc1)CC(C)CC. The second-order valence-corrected chi connectivity index (χ2v) is 5.21. The standard InChI is InChI=1S/C15H24ClNO/c1-4-12(3)10-14(17-5-2)11-18-15-8-6-13(16)7-9-15/h6-9,12,14,17H,4-5,10-11H2,1-3H3. The van der Waals surface area contributed by atoms with E-state index >= 15 is 0 Å². The highest BCUT2D eigenvalue weighted by molar-refractivity contribution is 6.30. The van der Waals surface area contributed by atoms with Gasteiger partial charge in [0.2, 0.25) is 0 Å². The molecule has 0 fully saturated rings. The van der Waals surface area contributed by atoms with Gasteiger partial charge < -0.3 is 10.1 Å². The van der Waals surface area contributed by atoms with Gasteiger partial charge in [0.15, 0.2) is 0 Å². The van der Waals surface area contributed by atoms with Crippen LogP contribution in [0, 0.1) is 5.92 Å². The van der Waals surface area contributed by atoms with Gasteiger partial charge in [0.05, 0.1) is 0 Å². The molecule has 2 atom stereocenters. The van der Waals surface area contributed by atoms with E-state index in [9.17, 15) is 0 Å². The maximum Gasteiger partial charge on any atom is 0.119 e. The molecule has 1 aromatic carbocycles. The summed E-state index contributed by atoms with van der Waals surface area (Å²) in [4.78, 5) is 0. The molecule has 0 aliphatic rings. The van der Waals surface area contributed by atoms with Gasteiger partial charge in [-0.1, -0.05) is 38.8 Å². The fourth-order valence-corrected chi connectivity index (χ4v) is 2.00. The zero-order valence-corrected chi connectivity index (χ0v) is 12.3. The number of rotatable bonds is 8. The zero-order valence-electron chi connectivity index (χ0n) is 11.6. The number of nitrogens with one attached hydrogen (secondary N) is 1. The summed E-state index contributed by atoms with van der Waals surface area (Å²) in [5, 5.41) is 4.22. The molecule has 0 aliphatic heterocycles. The largest absolute Gasteiger partial charge is 0.492 e. The average molecular weight is 270 g/mol. The summed E-state index contributed by atoms with van der Waals surface area (Å²) < 4.78 is 5.80. The van der Waals surface area contributed by atoms with E-state index in [2.05, 4.69) is 26.1 Å². The van der Waals surface area contributed by atoms with Crippen LogP contribution in [0.25, 0.3) is 0 Å². The van der Waals surface area contributed by atoms with Crippen LogP contribution in [0.2, 0.25) is 5.02 Å². The highest BCUT2D eigenvalue weighted by Crippen LogP contribution is 2.17. The molecule has 0 amide bonds. The Morgan fingerprint density at radius 3 is 2.44 bits per heavy atom. The van der Waals surface area contributed by atoms with E-state index in [1.807, 2.05) is 24.3 Å². The van der Waals surface area contributed by atoms with Crippen LogP contribution >= 0.6 is 11.6 Å². The highest BCUT2D eigenvalue weighted by atomic mass is 35.5. The summed E-state index contributed by atoms with van der Waals surface area (Å²) in [5.41, 5.74) is 0. The lowest BCUT2D eigenvalue weighted by molar-refractivity contribution is 0.242. The lowest BCUT2D eigenvalue weighted by Gasteiger charge is -2.21. The monoisotopic (exact) mass is 269 g/mol. The number of hydrogen-bond acceptors (Lipinski definition) is 2. The van der Waals surface area contributed by atoms with Crippen molar-refractivity contribution in [3.63, 3.8) is 0 Å². The van der Waals surface area contributed by atoms with Crippen molar-refractivity contribution in [1.82, 2.24) is 5.32 Å². The number of ether oxygens (including phenoxy) is 1. The van der Waals surface area contributed by atoms with Gasteiger partial charge >= 0.3 is 0 Å². The van der Waals surface area contributed by atoms with Crippen LogP contribution in [0.4, 0.5) is 0 Å². The van der Waals surface area contributed by atoms with Gasteiger partial charge in [-0.2, -0.15) is 0 Å². The molecule has 0 saturated heterocycles. The van der Waals surface area contributed by atoms with E-state index in [1.54, 1.807) is 0 Å². The predicted molar refractivity (Wildman–Crippen MR) is 78.5 cm³/mol. The number of halogens is 1. The first-order valence-corrected chi connectivity index (χ1v) is 7.15. The molecule has 102 valence electrons. The second kappa shape index (κ2) is 8.39. The van der Waals surface area contributed by atoms with E-state index < -0.39 is 0 Å². The third kappa shape index (κ3) is 5.74. The van der Waals surface area contributed by atoms with Crippen LogP contribution in [0.1, 0.15) is 33.6 Å². The van der Waals surface area contributed by atoms with Crippen molar-refractivity contribution >= 4 is 11.6 Å². The molecule has 3 heteroatoms. The Morgan fingerprint density at radius 2 is 1.89 bits per heavy atom. The van der Waals surface area contributed by atoms with Gasteiger partial charge in [-0.05, 0) is 43.1 Å². The predicted octanol–water partition coefficient (Wildman–Crippen LogP) is 4.13. The summed E-state index contributed by atoms with van der Waals surface area (Å²) in [7, 11) is 0. The molecule has 0 saturated carbocycles. The molecule has 2 unspecified atom stereocenters. The molecule has 18 heavy (non-hydrogen) atoms. The van der Waals surface area contributed by atoms with Crippen molar-refractivity contribution in [1.29, 1.82) is 0 Å². The third-order valence-corrected chi connectivity index (χ3v) is 3.39. The highest BCUT2D eigenvalue weighted by Gasteiger charge is 2.12. The molecule has 0 bridgehead atoms. The van der Waals surface area contributed by atoms with Crippen LogP contribution in [0.5, 0.6) is 5.75 Å². The molecular weight excluding hydrogens is 246 g/mol. The molecule has 0 radical (unpaired) electrons. The Hall–Kier alpha value is -0.730. The minimum atomic E-state index is 0.417. The maximum atomic E-state index is 5.84. The van der Waals surface area contributed by atoms with Gasteiger partial charge in [0.25, 0.3) is 0 Å². The Labute approximate surface area is 116 Å². The Bertz CT molecular complexity index is 326. The first-order chi connectivity index (χ1) is 8.65. The van der Waals surface area contributed by atoms with Crippen molar-refractivity contribution in [2.24, 2.45) is 5.92 Å². The molecule has 0 aliphatic carbocycles. The summed E-state index contributed by atoms with van der Waals surface area (Å²) in [6, 6.07) is 7.95. The van der Waals surface area contributed by atoms with Crippen molar-refractivity contribution in [2.45, 2.75) is 39.7 Å². The van der Waals surface area contributed by atoms with Gasteiger partial charge in [0.1, 0.15) is 12.4 Å². The van der Waals surface area contributed by atoms with Crippen molar-refractivity contribution in [3.8, 4) is 5.75 Å². The van der Waals surface area contributed by atoms with E-state index in [0.29, 0.717) is 12.6 Å². The van der Waals surface area contributed by atoms with Crippen molar-refractivity contribution in [3.05, 3.63) is 29.3 Å². The second-order valence-electron chi connectivity index (χ2n) is 4.77. The summed E-state index contributed by atoms with van der Waals surface area (Å²) in [6.45, 7) is 8.33. The molecule has 0 spiro atoms. The summed E-state index contributed by atoms with van der Waals surface area (Å²) >= 11 is 5.84. The number of benzene rings is 1. The maximum absolute atomic E-state index is 5.84. The number of likely N-dealkylation sites (N-methyl/N-ethyl adjacent to an activating group) is 1. The minimum absolute atomic E-state index is 0.417. The zero-order chi connectivity index (χ0) is 13.4. The molecule has 1 N–H and O–H groups in total. The lowest BCUT2D eigenvalue weighted by atomic mass is 10.00. The normalized spacial score (nSPS) is 14.2. The fourth-order valence-electron chi connectivity index (χ4n) is 1.88. The third-order valence-electron chi connectivity index (χ3n) is 3.14. The molecule has 0 aromatic heterocycles. The average Bonchev–Trinajstić information content (AvgIpc) is 2.38. The quantitative estimate of drug-likeness (QED) is 0.766. The van der Waals surface area contributed by atoms with Crippen molar-refractivity contribution in [2.75, 3.05) is 13.2 Å². The van der Waals surface area contributed by atoms with Gasteiger partial charge in [-0.25, -0.2) is 0 Å². The van der Waals surface area contributed by atoms with Crippen LogP contribution in [0.3, 0.4) is 0 Å². The summed E-state index contributed by atoms with van der Waals surface area (Å²) in [5.74, 6) is 1.61. The van der Waals surface area contributed by atoms with E-state index in [4.69, 9.17) is 16.3 Å². The summed E-state index contributed by atoms with van der Waals surface area (Å²) in [6.07, 6.45) is 2.36. The minimum Gasteiger partial charge on any atom is -0.492 e. The molecule has 1 aromatic rings. The van der Waals surface area contributed by atoms with Crippen LogP contribution in [-0.4, -0.2) is 19.2 Å². The molecule has 1 rings (SSSR count). The first kappa shape index (κ1) is 15.3. The van der Waals surface area contributed by atoms with Crippen LogP contribution < -0.4 is 10.1 Å². The molecule has 2 nitrogen and oxygen atoms in total. The lowest BCUT2D eigenvalue weighted by Crippen LogP contribution is -2.35. The fraction of sp³-hybridized carbons (Fsp3) is 0.600. The van der Waals surface area contributed by atoms with Crippen LogP contribution in [-0.2, 0) is 0 Å². The number of hydrogen-bond donors (Lipinski definition) is 1.